The SMILES string of the molecule is CC(=O)c1ccc(C(C)(C)C)cc1N1CCCC1. The lowest BCUT2D eigenvalue weighted by Gasteiger charge is -2.25. The highest BCUT2D eigenvalue weighted by Crippen LogP contribution is 2.31. The van der Waals surface area contributed by atoms with E-state index in [4.69, 9.17) is 0 Å². The van der Waals surface area contributed by atoms with Crippen molar-refractivity contribution in [3.63, 3.8) is 0 Å². The Kier molecular flexibility index (Phi) is 3.47. The maximum absolute atomic E-state index is 11.8. The second-order valence-corrected chi connectivity index (χ2v) is 6.23. The highest BCUT2D eigenvalue weighted by molar-refractivity contribution is 6.00. The zero-order chi connectivity index (χ0) is 13.3. The Morgan fingerprint density at radius 2 is 1.78 bits per heavy atom. The number of hydrogen-bond acceptors (Lipinski definition) is 2. The number of hydrogen-bond donors (Lipinski definition) is 0. The van der Waals surface area contributed by atoms with E-state index in [-0.39, 0.29) is 11.2 Å². The van der Waals surface area contributed by atoms with E-state index in [1.807, 2.05) is 6.07 Å². The molecule has 0 aliphatic carbocycles. The third kappa shape index (κ3) is 2.58. The van der Waals surface area contributed by atoms with Gasteiger partial charge in [0, 0.05) is 24.3 Å². The van der Waals surface area contributed by atoms with Crippen LogP contribution in [0.1, 0.15) is 56.5 Å². The Balaban J connectivity index is 2.47. The monoisotopic (exact) mass is 245 g/mol. The van der Waals surface area contributed by atoms with Crippen LogP contribution in [-0.2, 0) is 5.41 Å². The van der Waals surface area contributed by atoms with Crippen molar-refractivity contribution in [3.05, 3.63) is 29.3 Å². The van der Waals surface area contributed by atoms with E-state index in [9.17, 15) is 4.79 Å². The number of Topliss-reactive ketones (excluding diaryl/α,β-unsaturated/α-hetero) is 1. The van der Waals surface area contributed by atoms with Crippen LogP contribution in [0, 0.1) is 0 Å². The van der Waals surface area contributed by atoms with E-state index >= 15 is 0 Å². The molecular weight excluding hydrogens is 222 g/mol. The Hall–Kier alpha value is -1.31. The largest absolute Gasteiger partial charge is 0.371 e. The van der Waals surface area contributed by atoms with Crippen molar-refractivity contribution in [2.45, 2.75) is 46.0 Å². The van der Waals surface area contributed by atoms with Gasteiger partial charge in [-0.05, 0) is 42.9 Å². The van der Waals surface area contributed by atoms with Gasteiger partial charge in [-0.2, -0.15) is 0 Å². The molecule has 2 nitrogen and oxygen atoms in total. The molecule has 18 heavy (non-hydrogen) atoms. The number of carbonyl (C=O) groups excluding carboxylic acids is 1. The van der Waals surface area contributed by atoms with Crippen molar-refractivity contribution in [1.82, 2.24) is 0 Å². The molecule has 1 saturated heterocycles. The standard InChI is InChI=1S/C16H23NO/c1-12(18)14-8-7-13(16(2,3)4)11-15(14)17-9-5-6-10-17/h7-8,11H,5-6,9-10H2,1-4H3. The summed E-state index contributed by atoms with van der Waals surface area (Å²) in [7, 11) is 0. The minimum atomic E-state index is 0.129. The Bertz CT molecular complexity index is 451. The van der Waals surface area contributed by atoms with E-state index < -0.39 is 0 Å². The van der Waals surface area contributed by atoms with Crippen molar-refractivity contribution in [2.75, 3.05) is 18.0 Å². The van der Waals surface area contributed by atoms with E-state index in [2.05, 4.69) is 37.8 Å². The first-order chi connectivity index (χ1) is 8.39. The lowest BCUT2D eigenvalue weighted by molar-refractivity contribution is 0.101. The third-order valence-corrected chi connectivity index (χ3v) is 3.69. The lowest BCUT2D eigenvalue weighted by Crippen LogP contribution is -2.22. The van der Waals surface area contributed by atoms with Crippen LogP contribution in [0.2, 0.25) is 0 Å². The summed E-state index contributed by atoms with van der Waals surface area (Å²) in [6.07, 6.45) is 2.47. The molecule has 1 heterocycles. The Labute approximate surface area is 110 Å². The Morgan fingerprint density at radius 1 is 1.17 bits per heavy atom. The molecule has 0 spiro atoms. The van der Waals surface area contributed by atoms with E-state index in [0.29, 0.717) is 0 Å². The minimum absolute atomic E-state index is 0.129. The van der Waals surface area contributed by atoms with E-state index in [1.54, 1.807) is 6.92 Å². The molecule has 0 bridgehead atoms. The van der Waals surface area contributed by atoms with Crippen molar-refractivity contribution in [1.29, 1.82) is 0 Å². The average molecular weight is 245 g/mol. The summed E-state index contributed by atoms with van der Waals surface area (Å²) >= 11 is 0. The van der Waals surface area contributed by atoms with Crippen LogP contribution in [-0.4, -0.2) is 18.9 Å². The van der Waals surface area contributed by atoms with Crippen LogP contribution in [0.4, 0.5) is 5.69 Å². The smallest absolute Gasteiger partial charge is 0.161 e. The van der Waals surface area contributed by atoms with Crippen LogP contribution in [0.15, 0.2) is 18.2 Å². The molecule has 0 radical (unpaired) electrons. The molecule has 1 aromatic rings. The first-order valence-electron chi connectivity index (χ1n) is 6.80. The molecule has 2 heteroatoms. The van der Waals surface area contributed by atoms with Gasteiger partial charge in [-0.25, -0.2) is 0 Å². The molecule has 2 rings (SSSR count). The maximum Gasteiger partial charge on any atom is 0.161 e. The third-order valence-electron chi connectivity index (χ3n) is 3.69. The highest BCUT2D eigenvalue weighted by atomic mass is 16.1. The van der Waals surface area contributed by atoms with Crippen molar-refractivity contribution < 1.29 is 4.79 Å². The van der Waals surface area contributed by atoms with Gasteiger partial charge in [0.05, 0.1) is 0 Å². The molecule has 0 amide bonds. The van der Waals surface area contributed by atoms with Gasteiger partial charge in [0.2, 0.25) is 0 Å². The van der Waals surface area contributed by atoms with Gasteiger partial charge in [-0.3, -0.25) is 4.79 Å². The molecule has 98 valence electrons. The van der Waals surface area contributed by atoms with Gasteiger partial charge in [-0.15, -0.1) is 0 Å². The van der Waals surface area contributed by atoms with Crippen molar-refractivity contribution in [3.8, 4) is 0 Å². The minimum Gasteiger partial charge on any atom is -0.371 e. The summed E-state index contributed by atoms with van der Waals surface area (Å²) in [5.41, 5.74) is 3.43. The van der Waals surface area contributed by atoms with Crippen molar-refractivity contribution >= 4 is 11.5 Å². The normalized spacial score (nSPS) is 16.1. The molecule has 1 aliphatic rings. The molecular formula is C16H23NO. The molecule has 0 saturated carbocycles. The molecule has 1 aromatic carbocycles. The summed E-state index contributed by atoms with van der Waals surface area (Å²) < 4.78 is 0. The highest BCUT2D eigenvalue weighted by Gasteiger charge is 2.21. The van der Waals surface area contributed by atoms with Gasteiger partial charge in [0.25, 0.3) is 0 Å². The average Bonchev–Trinajstić information content (AvgIpc) is 2.80. The fourth-order valence-corrected chi connectivity index (χ4v) is 2.52. The summed E-state index contributed by atoms with van der Waals surface area (Å²) in [4.78, 5) is 14.1. The number of carbonyl (C=O) groups is 1. The number of rotatable bonds is 2. The van der Waals surface area contributed by atoms with E-state index in [0.717, 1.165) is 24.3 Å². The molecule has 0 N–H and O–H groups in total. The predicted octanol–water partition coefficient (Wildman–Crippen LogP) is 3.79. The van der Waals surface area contributed by atoms with Crippen LogP contribution in [0.3, 0.4) is 0 Å². The van der Waals surface area contributed by atoms with Crippen LogP contribution >= 0.6 is 0 Å². The van der Waals surface area contributed by atoms with E-state index in [1.165, 1.54) is 18.4 Å². The maximum atomic E-state index is 11.8. The fourth-order valence-electron chi connectivity index (χ4n) is 2.52. The van der Waals surface area contributed by atoms with Gasteiger partial charge in [-0.1, -0.05) is 26.8 Å². The first-order valence-corrected chi connectivity index (χ1v) is 6.80. The number of ketones is 1. The van der Waals surface area contributed by atoms with Crippen LogP contribution in [0.5, 0.6) is 0 Å². The van der Waals surface area contributed by atoms with Crippen LogP contribution < -0.4 is 4.90 Å². The predicted molar refractivity (Wildman–Crippen MR) is 76.6 cm³/mol. The van der Waals surface area contributed by atoms with Crippen molar-refractivity contribution in [2.24, 2.45) is 0 Å². The number of anilines is 1. The molecule has 0 unspecified atom stereocenters. The topological polar surface area (TPSA) is 20.3 Å². The lowest BCUT2D eigenvalue weighted by atomic mass is 9.85. The summed E-state index contributed by atoms with van der Waals surface area (Å²) in [6, 6.07) is 6.30. The second-order valence-electron chi connectivity index (χ2n) is 6.23. The summed E-state index contributed by atoms with van der Waals surface area (Å²) in [5.74, 6) is 0.164. The number of nitrogens with zero attached hydrogens (tertiary/aromatic N) is 1. The van der Waals surface area contributed by atoms with Gasteiger partial charge >= 0.3 is 0 Å². The Morgan fingerprint density at radius 3 is 2.28 bits per heavy atom. The molecule has 1 fully saturated rings. The van der Waals surface area contributed by atoms with Crippen LogP contribution in [0.25, 0.3) is 0 Å². The van der Waals surface area contributed by atoms with Gasteiger partial charge in [0.15, 0.2) is 5.78 Å². The molecule has 0 atom stereocenters. The van der Waals surface area contributed by atoms with Gasteiger partial charge in [0.1, 0.15) is 0 Å². The quantitative estimate of drug-likeness (QED) is 0.739. The molecule has 0 aromatic heterocycles. The zero-order valence-electron chi connectivity index (χ0n) is 11.9. The summed E-state index contributed by atoms with van der Waals surface area (Å²) in [5, 5.41) is 0. The fraction of sp³-hybridized carbons (Fsp3) is 0.562. The summed E-state index contributed by atoms with van der Waals surface area (Å²) in [6.45, 7) is 10.4. The zero-order valence-corrected chi connectivity index (χ0v) is 11.9. The van der Waals surface area contributed by atoms with Gasteiger partial charge < -0.3 is 4.90 Å². The molecule has 1 aliphatic heterocycles. The first kappa shape index (κ1) is 13.1. The second kappa shape index (κ2) is 4.75. The number of benzene rings is 1.